The van der Waals surface area contributed by atoms with E-state index in [1.807, 2.05) is 0 Å². The molecule has 0 bridgehead atoms. The van der Waals surface area contributed by atoms with Crippen molar-refractivity contribution in [2.24, 2.45) is 0 Å². The third-order valence-corrected chi connectivity index (χ3v) is 2.63. The Kier molecular flexibility index (Phi) is 5.09. The normalized spacial score (nSPS) is 11.7. The number of nitrogens with one attached hydrogen (secondary N) is 1. The van der Waals surface area contributed by atoms with E-state index in [1.165, 1.54) is 19.2 Å². The Labute approximate surface area is 113 Å². The number of non-ortho nitro benzene ring substituents is 1. The lowest BCUT2D eigenvalue weighted by molar-refractivity contribution is -0.394. The van der Waals surface area contributed by atoms with E-state index in [0.717, 1.165) is 6.07 Å². The van der Waals surface area contributed by atoms with Crippen molar-refractivity contribution in [3.8, 4) is 0 Å². The van der Waals surface area contributed by atoms with E-state index in [-0.39, 0.29) is 23.5 Å². The van der Waals surface area contributed by atoms with Gasteiger partial charge in [0, 0.05) is 18.2 Å². The van der Waals surface area contributed by atoms with Crippen molar-refractivity contribution < 1.29 is 19.4 Å². The molecule has 0 spiro atoms. The Morgan fingerprint density at radius 1 is 1.35 bits per heavy atom. The third kappa shape index (κ3) is 3.72. The number of nitro benzene ring substituents is 2. The van der Waals surface area contributed by atoms with Gasteiger partial charge in [0.1, 0.15) is 6.04 Å². The minimum Gasteiger partial charge on any atom is -0.468 e. The van der Waals surface area contributed by atoms with Crippen molar-refractivity contribution in [3.63, 3.8) is 0 Å². The summed E-state index contributed by atoms with van der Waals surface area (Å²) in [6.07, 6.45) is 0. The molecule has 0 aliphatic rings. The topological polar surface area (TPSA) is 125 Å². The Balaban J connectivity index is 2.92. The molecule has 9 heteroatoms. The first-order chi connectivity index (χ1) is 9.36. The molecule has 0 fully saturated rings. The van der Waals surface area contributed by atoms with Crippen molar-refractivity contribution in [2.45, 2.75) is 19.5 Å². The maximum atomic E-state index is 11.2. The lowest BCUT2D eigenvalue weighted by Crippen LogP contribution is -2.34. The van der Waals surface area contributed by atoms with E-state index in [4.69, 9.17) is 0 Å². The summed E-state index contributed by atoms with van der Waals surface area (Å²) in [5, 5.41) is 24.2. The number of esters is 1. The molecule has 0 saturated carbocycles. The van der Waals surface area contributed by atoms with E-state index < -0.39 is 21.9 Å². The highest BCUT2D eigenvalue weighted by molar-refractivity contribution is 5.75. The summed E-state index contributed by atoms with van der Waals surface area (Å²) >= 11 is 0. The van der Waals surface area contributed by atoms with Gasteiger partial charge in [-0.1, -0.05) is 0 Å². The van der Waals surface area contributed by atoms with Crippen LogP contribution in [-0.2, 0) is 16.1 Å². The van der Waals surface area contributed by atoms with Crippen LogP contribution in [0.1, 0.15) is 12.5 Å². The minimum atomic E-state index is -0.707. The molecule has 0 heterocycles. The fraction of sp³-hybridized carbons (Fsp3) is 0.364. The van der Waals surface area contributed by atoms with Gasteiger partial charge in [-0.2, -0.15) is 0 Å². The summed E-state index contributed by atoms with van der Waals surface area (Å²) < 4.78 is 4.50. The summed E-state index contributed by atoms with van der Waals surface area (Å²) in [6, 6.07) is 2.70. The van der Waals surface area contributed by atoms with Gasteiger partial charge >= 0.3 is 5.97 Å². The Morgan fingerprint density at radius 3 is 2.50 bits per heavy atom. The molecule has 0 radical (unpaired) electrons. The summed E-state index contributed by atoms with van der Waals surface area (Å²) in [7, 11) is 1.23. The highest BCUT2D eigenvalue weighted by Gasteiger charge is 2.20. The van der Waals surface area contributed by atoms with Gasteiger partial charge in [0.15, 0.2) is 0 Å². The van der Waals surface area contributed by atoms with E-state index in [2.05, 4.69) is 10.1 Å². The maximum absolute atomic E-state index is 11.2. The molecule has 1 unspecified atom stereocenters. The number of rotatable bonds is 6. The first kappa shape index (κ1) is 15.5. The molecule has 20 heavy (non-hydrogen) atoms. The van der Waals surface area contributed by atoms with Crippen molar-refractivity contribution in [1.82, 2.24) is 5.32 Å². The molecule has 1 aromatic carbocycles. The lowest BCUT2D eigenvalue weighted by Gasteiger charge is -2.11. The average molecular weight is 283 g/mol. The number of carbonyl (C=O) groups is 1. The SMILES string of the molecule is COC(=O)C(C)NCc1ccc([N+](=O)[O-])cc1[N+](=O)[O-]. The van der Waals surface area contributed by atoms with Crippen molar-refractivity contribution in [1.29, 1.82) is 0 Å². The van der Waals surface area contributed by atoms with Gasteiger partial charge in [-0.05, 0) is 13.0 Å². The third-order valence-electron chi connectivity index (χ3n) is 2.63. The summed E-state index contributed by atoms with van der Waals surface area (Å²) in [5.74, 6) is -0.505. The molecule has 0 amide bonds. The first-order valence-electron chi connectivity index (χ1n) is 5.59. The molecule has 1 N–H and O–H groups in total. The quantitative estimate of drug-likeness (QED) is 0.471. The zero-order chi connectivity index (χ0) is 15.3. The number of benzene rings is 1. The highest BCUT2D eigenvalue weighted by atomic mass is 16.6. The van der Waals surface area contributed by atoms with Crippen LogP contribution in [0, 0.1) is 20.2 Å². The molecule has 0 aromatic heterocycles. The second-order valence-corrected chi connectivity index (χ2v) is 3.95. The van der Waals surface area contributed by atoms with Crippen LogP contribution >= 0.6 is 0 Å². The molecule has 1 atom stereocenters. The molecule has 1 aromatic rings. The van der Waals surface area contributed by atoms with Gasteiger partial charge < -0.3 is 10.1 Å². The van der Waals surface area contributed by atoms with Crippen molar-refractivity contribution in [3.05, 3.63) is 44.0 Å². The van der Waals surface area contributed by atoms with E-state index in [9.17, 15) is 25.0 Å². The number of hydrogen-bond acceptors (Lipinski definition) is 7. The second kappa shape index (κ2) is 6.57. The van der Waals surface area contributed by atoms with Gasteiger partial charge in [-0.15, -0.1) is 0 Å². The number of methoxy groups -OCH3 is 1. The van der Waals surface area contributed by atoms with Crippen LogP contribution in [-0.4, -0.2) is 29.0 Å². The lowest BCUT2D eigenvalue weighted by atomic mass is 10.1. The predicted molar refractivity (Wildman–Crippen MR) is 68.1 cm³/mol. The van der Waals surface area contributed by atoms with E-state index in [1.54, 1.807) is 6.92 Å². The molecule has 108 valence electrons. The number of nitrogens with zero attached hydrogens (tertiary/aromatic N) is 2. The van der Waals surface area contributed by atoms with Crippen LogP contribution in [0.4, 0.5) is 11.4 Å². The molecule has 0 saturated heterocycles. The standard InChI is InChI=1S/C11H13N3O6/c1-7(11(15)20-2)12-6-8-3-4-9(13(16)17)5-10(8)14(18)19/h3-5,7,12H,6H2,1-2H3. The second-order valence-electron chi connectivity index (χ2n) is 3.95. The number of hydrogen-bond donors (Lipinski definition) is 1. The smallest absolute Gasteiger partial charge is 0.322 e. The highest BCUT2D eigenvalue weighted by Crippen LogP contribution is 2.24. The number of carbonyl (C=O) groups excluding carboxylic acids is 1. The first-order valence-corrected chi connectivity index (χ1v) is 5.59. The van der Waals surface area contributed by atoms with Crippen molar-refractivity contribution >= 4 is 17.3 Å². The van der Waals surface area contributed by atoms with Crippen LogP contribution < -0.4 is 5.32 Å². The number of nitro groups is 2. The van der Waals surface area contributed by atoms with Crippen LogP contribution in [0.15, 0.2) is 18.2 Å². The van der Waals surface area contributed by atoms with Crippen LogP contribution in [0.2, 0.25) is 0 Å². The van der Waals surface area contributed by atoms with E-state index in [0.29, 0.717) is 0 Å². The maximum Gasteiger partial charge on any atom is 0.322 e. The zero-order valence-electron chi connectivity index (χ0n) is 10.9. The Morgan fingerprint density at radius 2 is 2.00 bits per heavy atom. The Bertz CT molecular complexity index is 545. The van der Waals surface area contributed by atoms with Gasteiger partial charge in [-0.3, -0.25) is 25.0 Å². The monoisotopic (exact) mass is 283 g/mol. The fourth-order valence-corrected chi connectivity index (χ4v) is 1.51. The largest absolute Gasteiger partial charge is 0.468 e. The van der Waals surface area contributed by atoms with Crippen LogP contribution in [0.5, 0.6) is 0 Å². The van der Waals surface area contributed by atoms with E-state index >= 15 is 0 Å². The summed E-state index contributed by atoms with van der Waals surface area (Å²) in [4.78, 5) is 31.3. The fourth-order valence-electron chi connectivity index (χ4n) is 1.51. The molecular weight excluding hydrogens is 270 g/mol. The molecule has 0 aliphatic carbocycles. The van der Waals surface area contributed by atoms with Gasteiger partial charge in [-0.25, -0.2) is 0 Å². The van der Waals surface area contributed by atoms with Crippen LogP contribution in [0.3, 0.4) is 0 Å². The molecule has 1 rings (SSSR count). The average Bonchev–Trinajstić information content (AvgIpc) is 2.43. The van der Waals surface area contributed by atoms with Crippen LogP contribution in [0.25, 0.3) is 0 Å². The summed E-state index contributed by atoms with van der Waals surface area (Å²) in [6.45, 7) is 1.56. The molecule has 9 nitrogen and oxygen atoms in total. The number of ether oxygens (including phenoxy) is 1. The van der Waals surface area contributed by atoms with Gasteiger partial charge in [0.2, 0.25) is 0 Å². The Hall–Kier alpha value is -2.55. The molecule has 0 aliphatic heterocycles. The predicted octanol–water partition coefficient (Wildman–Crippen LogP) is 1.15. The minimum absolute atomic E-state index is 0.0184. The van der Waals surface area contributed by atoms with Crippen molar-refractivity contribution in [2.75, 3.05) is 7.11 Å². The van der Waals surface area contributed by atoms with Gasteiger partial charge in [0.25, 0.3) is 11.4 Å². The molecular formula is C11H13N3O6. The zero-order valence-corrected chi connectivity index (χ0v) is 10.9. The van der Waals surface area contributed by atoms with Gasteiger partial charge in [0.05, 0.1) is 23.0 Å². The summed E-state index contributed by atoms with van der Waals surface area (Å²) in [5.41, 5.74) is -0.485.